The Bertz CT molecular complexity index is 181. The van der Waals surface area contributed by atoms with Crippen LogP contribution in [0.2, 0.25) is 0 Å². The van der Waals surface area contributed by atoms with Crippen LogP contribution < -0.4 is 27.4 Å². The first kappa shape index (κ1) is 14.9. The van der Waals surface area contributed by atoms with Crippen LogP contribution >= 0.6 is 12.2 Å². The molecule has 64 valence electrons. The van der Waals surface area contributed by atoms with Gasteiger partial charge in [-0.1, -0.05) is 0 Å². The Morgan fingerprint density at radius 3 is 2.58 bits per heavy atom. The monoisotopic (exact) mass is 262 g/mol. The number of carbonyl (C=O) groups excluding carboxylic acids is 1. The van der Waals surface area contributed by atoms with E-state index in [1.807, 2.05) is 0 Å². The van der Waals surface area contributed by atoms with E-state index >= 15 is 0 Å². The van der Waals surface area contributed by atoms with Gasteiger partial charge in [-0.2, -0.15) is 0 Å². The number of carboxylic acid groups (broad SMARTS) is 1. The van der Waals surface area contributed by atoms with Crippen LogP contribution in [0.3, 0.4) is 0 Å². The summed E-state index contributed by atoms with van der Waals surface area (Å²) in [6, 6.07) is 0. The minimum Gasteiger partial charge on any atom is -1.00 e. The third-order valence-electron chi connectivity index (χ3n) is 1.30. The largest absolute Gasteiger partial charge is 2.00 e. The van der Waals surface area contributed by atoms with Gasteiger partial charge in [-0.3, -0.25) is 0 Å². The van der Waals surface area contributed by atoms with E-state index in [4.69, 9.17) is 12.2 Å². The first-order chi connectivity index (χ1) is 4.72. The number of rotatable bonds is 0. The Kier molecular flexibility index (Phi) is 8.54. The second-order valence-corrected chi connectivity index (χ2v) is 2.39. The number of thiocarbonyl (C=S) groups is 1. The van der Waals surface area contributed by atoms with Gasteiger partial charge in [0.15, 0.2) is 5.11 Å². The summed E-state index contributed by atoms with van der Waals surface area (Å²) >= 11 is 4.70. The summed E-state index contributed by atoms with van der Waals surface area (Å²) in [6.45, 7) is 1.21. The topological polar surface area (TPSA) is 55.4 Å². The Morgan fingerprint density at radius 2 is 2.25 bits per heavy atom. The molecule has 0 unspecified atom stereocenters. The number of nitrogens with one attached hydrogen (secondary N) is 1. The predicted octanol–water partition coefficient (Wildman–Crippen LogP) is -4.47. The van der Waals surface area contributed by atoms with E-state index in [0.717, 1.165) is 17.9 Å². The van der Waals surface area contributed by atoms with Crippen LogP contribution in [0.15, 0.2) is 0 Å². The first-order valence-electron chi connectivity index (χ1n) is 2.98. The normalized spacial score (nSPS) is 15.3. The zero-order valence-electron chi connectivity index (χ0n) is 6.38. The smallest absolute Gasteiger partial charge is 1.00 e. The second-order valence-electron chi connectivity index (χ2n) is 2.00. The molecule has 0 aromatic carbocycles. The molecule has 1 heterocycles. The Morgan fingerprint density at radius 1 is 1.67 bits per heavy atom. The van der Waals surface area contributed by atoms with Crippen LogP contribution in [-0.2, 0) is 0 Å². The zero-order valence-corrected chi connectivity index (χ0v) is 10.2. The summed E-state index contributed by atoms with van der Waals surface area (Å²) in [4.78, 5) is 11.3. The quantitative estimate of drug-likeness (QED) is 0.354. The number of hydrogen-bond acceptors (Lipinski definition) is 3. The van der Waals surface area contributed by atoms with Crippen molar-refractivity contribution >= 4 is 46.5 Å². The van der Waals surface area contributed by atoms with Gasteiger partial charge in [-0.05, 0) is 18.6 Å². The van der Waals surface area contributed by atoms with Gasteiger partial charge in [-0.25, -0.2) is 0 Å². The molecular weight excluding hydrogens is 256 g/mol. The summed E-state index contributed by atoms with van der Waals surface area (Å²) in [6.07, 6.45) is -0.439. The van der Waals surface area contributed by atoms with Gasteiger partial charge in [0.2, 0.25) is 0 Å². The van der Waals surface area contributed by atoms with Crippen molar-refractivity contribution in [3.8, 4) is 0 Å². The average Bonchev–Trinajstić information content (AvgIpc) is 1.88. The van der Waals surface area contributed by atoms with Crippen LogP contribution in [-0.4, -0.2) is 52.2 Å². The van der Waals surface area contributed by atoms with Gasteiger partial charge in [0.25, 0.3) is 0 Å². The molecule has 0 radical (unpaired) electrons. The van der Waals surface area contributed by atoms with Crippen molar-refractivity contribution in [2.75, 3.05) is 13.1 Å². The molecule has 1 aliphatic rings. The van der Waals surface area contributed by atoms with Gasteiger partial charge in [-0.15, -0.1) is 0 Å². The van der Waals surface area contributed by atoms with E-state index in [0.29, 0.717) is 6.54 Å². The third-order valence-corrected chi connectivity index (χ3v) is 1.66. The van der Waals surface area contributed by atoms with E-state index in [1.54, 1.807) is 0 Å². The number of nitrogens with zero attached hydrogens (tertiary/aromatic N) is 1. The van der Waals surface area contributed by atoms with E-state index in [9.17, 15) is 9.90 Å². The molecule has 0 saturated carbocycles. The first-order valence-corrected chi connectivity index (χ1v) is 3.39. The fourth-order valence-electron chi connectivity index (χ4n) is 0.804. The Hall–Kier alpha value is 0.406. The van der Waals surface area contributed by atoms with Crippen LogP contribution in [0.4, 0.5) is 4.79 Å². The molecule has 0 aromatic heterocycles. The maximum absolute atomic E-state index is 10.3. The van der Waals surface area contributed by atoms with Gasteiger partial charge >= 0.3 is 23.1 Å². The SMILES string of the molecule is O=C([O-])N1CCCNC1=S.[Br-].[Mg+2]. The third kappa shape index (κ3) is 3.88. The average molecular weight is 263 g/mol. The molecule has 1 fully saturated rings. The summed E-state index contributed by atoms with van der Waals surface area (Å²) in [7, 11) is 0. The molecule has 4 nitrogen and oxygen atoms in total. The molecule has 7 heteroatoms. The van der Waals surface area contributed by atoms with E-state index in [1.165, 1.54) is 0 Å². The van der Waals surface area contributed by atoms with Gasteiger partial charge in [0, 0.05) is 13.1 Å². The van der Waals surface area contributed by atoms with Gasteiger partial charge in [0.1, 0.15) is 6.09 Å². The van der Waals surface area contributed by atoms with Crippen molar-refractivity contribution in [2.24, 2.45) is 0 Å². The number of carbonyl (C=O) groups is 1. The summed E-state index contributed by atoms with van der Waals surface area (Å²) in [5.41, 5.74) is 0. The fraction of sp³-hybridized carbons (Fsp3) is 0.600. The van der Waals surface area contributed by atoms with Crippen molar-refractivity contribution in [3.05, 3.63) is 0 Å². The summed E-state index contributed by atoms with van der Waals surface area (Å²) in [5, 5.41) is 13.3. The minimum absolute atomic E-state index is 0. The molecule has 1 amide bonds. The molecule has 1 N–H and O–H groups in total. The molecule has 0 spiro atoms. The molecule has 1 aliphatic heterocycles. The van der Waals surface area contributed by atoms with Gasteiger partial charge < -0.3 is 37.1 Å². The summed E-state index contributed by atoms with van der Waals surface area (Å²) < 4.78 is 0. The van der Waals surface area contributed by atoms with Crippen molar-refractivity contribution < 1.29 is 26.9 Å². The Labute approximate surface area is 103 Å². The molecule has 0 atom stereocenters. The number of hydrogen-bond donors (Lipinski definition) is 1. The number of halogens is 1. The van der Waals surface area contributed by atoms with Crippen LogP contribution in [0, 0.1) is 0 Å². The maximum atomic E-state index is 10.3. The van der Waals surface area contributed by atoms with E-state index in [2.05, 4.69) is 5.32 Å². The molecule has 12 heavy (non-hydrogen) atoms. The minimum atomic E-state index is -1.22. The molecule has 1 rings (SSSR count). The maximum Gasteiger partial charge on any atom is 2.00 e. The van der Waals surface area contributed by atoms with Gasteiger partial charge in [0.05, 0.1) is 0 Å². The molecule has 0 aliphatic carbocycles. The van der Waals surface area contributed by atoms with E-state index < -0.39 is 6.09 Å². The van der Waals surface area contributed by atoms with Crippen molar-refractivity contribution in [2.45, 2.75) is 6.42 Å². The van der Waals surface area contributed by atoms with Crippen LogP contribution in [0.1, 0.15) is 6.42 Å². The van der Waals surface area contributed by atoms with E-state index in [-0.39, 0.29) is 45.1 Å². The van der Waals surface area contributed by atoms with Crippen molar-refractivity contribution in [1.29, 1.82) is 0 Å². The number of amides is 1. The van der Waals surface area contributed by atoms with Crippen molar-refractivity contribution in [1.82, 2.24) is 10.2 Å². The summed E-state index contributed by atoms with van der Waals surface area (Å²) in [5.74, 6) is 0. The molecule has 0 aromatic rings. The standard InChI is InChI=1S/C5H8N2O2S.BrH.Mg/c8-5(9)7-3-1-2-6-4(7)10;;/h1-3H2,(H,6,10)(H,8,9);1H;/q;;+2/p-2. The zero-order chi connectivity index (χ0) is 7.56. The second kappa shape index (κ2) is 6.87. The molecule has 1 saturated heterocycles. The molecule has 0 bridgehead atoms. The molecular formula is C5H7BrMgN2O2S. The predicted molar refractivity (Wildman–Crippen MR) is 43.1 cm³/mol. The fourth-order valence-corrected chi connectivity index (χ4v) is 1.07. The van der Waals surface area contributed by atoms with Crippen LogP contribution in [0.5, 0.6) is 0 Å². The Balaban J connectivity index is 0. The van der Waals surface area contributed by atoms with Crippen LogP contribution in [0.25, 0.3) is 0 Å². The van der Waals surface area contributed by atoms with Crippen molar-refractivity contribution in [3.63, 3.8) is 0 Å².